The third-order valence-corrected chi connectivity index (χ3v) is 7.17. The predicted octanol–water partition coefficient (Wildman–Crippen LogP) is 5.71. The molecule has 2 amide bonds. The first-order valence-corrected chi connectivity index (χ1v) is 13.9. The van der Waals surface area contributed by atoms with Crippen molar-refractivity contribution in [1.82, 2.24) is 15.5 Å². The van der Waals surface area contributed by atoms with E-state index in [1.165, 1.54) is 6.07 Å². The van der Waals surface area contributed by atoms with E-state index in [4.69, 9.17) is 0 Å². The Labute approximate surface area is 242 Å². The number of aromatic nitrogens is 2. The number of nitrogens with one attached hydrogen (secondary N) is 3. The molecule has 1 aromatic heterocycles. The highest BCUT2D eigenvalue weighted by molar-refractivity contribution is 5.91. The average Bonchev–Trinajstić information content (AvgIpc) is 3.01. The molecule has 0 aliphatic carbocycles. The van der Waals surface area contributed by atoms with Gasteiger partial charge >= 0.3 is 0 Å². The van der Waals surface area contributed by atoms with Gasteiger partial charge in [-0.25, -0.2) is 9.49 Å². The zero-order chi connectivity index (χ0) is 29.3. The number of fused-ring (bicyclic) bond motifs is 1. The Bertz CT molecular complexity index is 1700. The lowest BCUT2D eigenvalue weighted by Gasteiger charge is -2.19. The van der Waals surface area contributed by atoms with Gasteiger partial charge in [0.25, 0.3) is 5.56 Å². The minimum atomic E-state index is -0.558. The first kappa shape index (κ1) is 28.4. The maximum atomic E-state index is 14.5. The highest BCUT2D eigenvalue weighted by Gasteiger charge is 2.16. The Kier molecular flexibility index (Phi) is 9.13. The summed E-state index contributed by atoms with van der Waals surface area (Å²) < 4.78 is 14.5. The maximum Gasteiger partial charge on any atom is 0.272 e. The summed E-state index contributed by atoms with van der Waals surface area (Å²) in [4.78, 5) is 37.3. The maximum absolute atomic E-state index is 14.5. The zero-order valence-electron chi connectivity index (χ0n) is 23.0. The molecule has 5 aromatic rings. The standard InChI is InChI=1S/C34H31FN4O3/c35-29-19-18-23(20-30-26-14-7-8-15-27(26)34(42)39-38-30)21-31(29)37-33(41)17-9-16-32(40)36-22-28(24-10-3-1-4-11-24)25-12-5-2-6-13-25/h1-8,10-15,18-19,21,28H,9,16-17,20,22H2,(H,36,40)(H,37,41)(H,39,42). The predicted molar refractivity (Wildman–Crippen MR) is 162 cm³/mol. The second-order valence-corrected chi connectivity index (χ2v) is 10.1. The van der Waals surface area contributed by atoms with E-state index in [2.05, 4.69) is 20.8 Å². The van der Waals surface area contributed by atoms with Gasteiger partial charge in [0.15, 0.2) is 0 Å². The molecule has 0 radical (unpaired) electrons. The first-order chi connectivity index (χ1) is 20.5. The molecule has 212 valence electrons. The monoisotopic (exact) mass is 562 g/mol. The normalized spacial score (nSPS) is 11.0. The molecule has 0 atom stereocenters. The number of carbonyl (C=O) groups is 2. The molecular weight excluding hydrogens is 531 g/mol. The van der Waals surface area contributed by atoms with E-state index >= 15 is 0 Å². The number of nitrogens with zero attached hydrogens (tertiary/aromatic N) is 1. The molecule has 7 nitrogen and oxygen atoms in total. The van der Waals surface area contributed by atoms with Gasteiger partial charge in [-0.05, 0) is 41.3 Å². The van der Waals surface area contributed by atoms with E-state index in [1.54, 1.807) is 24.3 Å². The molecule has 0 unspecified atom stereocenters. The van der Waals surface area contributed by atoms with E-state index in [9.17, 15) is 18.8 Å². The van der Waals surface area contributed by atoms with Crippen LogP contribution in [0.1, 0.15) is 47.6 Å². The molecule has 0 saturated carbocycles. The van der Waals surface area contributed by atoms with Crippen LogP contribution in [0.2, 0.25) is 0 Å². The quantitative estimate of drug-likeness (QED) is 0.192. The number of hydrogen-bond donors (Lipinski definition) is 3. The van der Waals surface area contributed by atoms with Crippen molar-refractivity contribution in [3.8, 4) is 0 Å². The second kappa shape index (κ2) is 13.5. The van der Waals surface area contributed by atoms with Crippen molar-refractivity contribution in [2.24, 2.45) is 0 Å². The smallest absolute Gasteiger partial charge is 0.272 e. The van der Waals surface area contributed by atoms with Crippen LogP contribution in [0.25, 0.3) is 10.8 Å². The fraction of sp³-hybridized carbons (Fsp3) is 0.176. The highest BCUT2D eigenvalue weighted by atomic mass is 19.1. The molecule has 8 heteroatoms. The van der Waals surface area contributed by atoms with Crippen LogP contribution in [0.4, 0.5) is 10.1 Å². The van der Waals surface area contributed by atoms with E-state index in [1.807, 2.05) is 72.8 Å². The summed E-state index contributed by atoms with van der Waals surface area (Å²) in [5.74, 6) is -1.07. The third kappa shape index (κ3) is 7.14. The Morgan fingerprint density at radius 1 is 0.786 bits per heavy atom. The summed E-state index contributed by atoms with van der Waals surface area (Å²) in [6, 6.07) is 31.6. The Morgan fingerprint density at radius 3 is 2.10 bits per heavy atom. The SMILES string of the molecule is O=C(CCCC(=O)Nc1cc(Cc2n[nH]c(=O)c3ccccc23)ccc1F)NCC(c1ccccc1)c1ccccc1. The average molecular weight is 563 g/mol. The van der Waals surface area contributed by atoms with Crippen molar-refractivity contribution in [3.05, 3.63) is 142 Å². The van der Waals surface area contributed by atoms with Gasteiger partial charge in [-0.15, -0.1) is 0 Å². The van der Waals surface area contributed by atoms with Crippen LogP contribution in [-0.2, 0) is 16.0 Å². The summed E-state index contributed by atoms with van der Waals surface area (Å²) in [7, 11) is 0. The van der Waals surface area contributed by atoms with Crippen molar-refractivity contribution >= 4 is 28.3 Å². The number of benzene rings is 4. The molecule has 3 N–H and O–H groups in total. The van der Waals surface area contributed by atoms with Crippen LogP contribution in [0.3, 0.4) is 0 Å². The Balaban J connectivity index is 1.14. The Hall–Kier alpha value is -5.11. The van der Waals surface area contributed by atoms with Crippen LogP contribution in [0.5, 0.6) is 0 Å². The van der Waals surface area contributed by atoms with Crippen molar-refractivity contribution < 1.29 is 14.0 Å². The molecular formula is C34H31FN4O3. The lowest BCUT2D eigenvalue weighted by Crippen LogP contribution is -2.29. The topological polar surface area (TPSA) is 104 Å². The van der Waals surface area contributed by atoms with Crippen molar-refractivity contribution in [2.75, 3.05) is 11.9 Å². The van der Waals surface area contributed by atoms with Crippen molar-refractivity contribution in [1.29, 1.82) is 0 Å². The largest absolute Gasteiger partial charge is 0.355 e. The number of aromatic amines is 1. The second-order valence-electron chi connectivity index (χ2n) is 10.1. The van der Waals surface area contributed by atoms with E-state index in [-0.39, 0.29) is 41.8 Å². The number of carbonyl (C=O) groups excluding carboxylic acids is 2. The molecule has 0 aliphatic rings. The summed E-state index contributed by atoms with van der Waals surface area (Å²) in [5.41, 5.74) is 3.37. The van der Waals surface area contributed by atoms with Crippen molar-refractivity contribution in [3.63, 3.8) is 0 Å². The number of anilines is 1. The van der Waals surface area contributed by atoms with E-state index in [0.29, 0.717) is 35.9 Å². The molecule has 1 heterocycles. The number of H-pyrrole nitrogens is 1. The van der Waals surface area contributed by atoms with Gasteiger partial charge in [0.2, 0.25) is 11.8 Å². The summed E-state index contributed by atoms with van der Waals surface area (Å²) >= 11 is 0. The van der Waals surface area contributed by atoms with Crippen LogP contribution < -0.4 is 16.2 Å². The van der Waals surface area contributed by atoms with Gasteiger partial charge < -0.3 is 10.6 Å². The van der Waals surface area contributed by atoms with Gasteiger partial charge in [0, 0.05) is 37.1 Å². The molecule has 5 rings (SSSR count). The van der Waals surface area contributed by atoms with Gasteiger partial charge in [-0.2, -0.15) is 5.10 Å². The fourth-order valence-corrected chi connectivity index (χ4v) is 5.00. The fourth-order valence-electron chi connectivity index (χ4n) is 5.00. The van der Waals surface area contributed by atoms with Crippen molar-refractivity contribution in [2.45, 2.75) is 31.6 Å². The third-order valence-electron chi connectivity index (χ3n) is 7.17. The van der Waals surface area contributed by atoms with Gasteiger partial charge in [0.1, 0.15) is 5.82 Å². The summed E-state index contributed by atoms with van der Waals surface area (Å²) in [5, 5.41) is 13.5. The van der Waals surface area contributed by atoms with Gasteiger partial charge in [-0.1, -0.05) is 84.9 Å². The van der Waals surface area contributed by atoms with Crippen LogP contribution in [-0.4, -0.2) is 28.6 Å². The van der Waals surface area contributed by atoms with Gasteiger partial charge in [-0.3, -0.25) is 14.4 Å². The summed E-state index contributed by atoms with van der Waals surface area (Å²) in [6.07, 6.45) is 0.919. The molecule has 42 heavy (non-hydrogen) atoms. The molecule has 0 bridgehead atoms. The molecule has 0 saturated heterocycles. The first-order valence-electron chi connectivity index (χ1n) is 13.9. The van der Waals surface area contributed by atoms with E-state index < -0.39 is 5.82 Å². The lowest BCUT2D eigenvalue weighted by molar-refractivity contribution is -0.121. The van der Waals surface area contributed by atoms with Crippen LogP contribution in [0.15, 0.2) is 108 Å². The number of hydrogen-bond acceptors (Lipinski definition) is 4. The highest BCUT2D eigenvalue weighted by Crippen LogP contribution is 2.24. The minimum absolute atomic E-state index is 0.0132. The minimum Gasteiger partial charge on any atom is -0.355 e. The Morgan fingerprint density at radius 2 is 1.40 bits per heavy atom. The summed E-state index contributed by atoms with van der Waals surface area (Å²) in [6.45, 7) is 0.441. The van der Waals surface area contributed by atoms with Crippen LogP contribution >= 0.6 is 0 Å². The molecule has 0 fully saturated rings. The number of amides is 2. The molecule has 4 aromatic carbocycles. The van der Waals surface area contributed by atoms with Gasteiger partial charge in [0.05, 0.1) is 16.8 Å². The molecule has 0 aliphatic heterocycles. The van der Waals surface area contributed by atoms with Crippen LogP contribution in [0, 0.1) is 5.82 Å². The van der Waals surface area contributed by atoms with E-state index in [0.717, 1.165) is 16.7 Å². The zero-order valence-corrected chi connectivity index (χ0v) is 23.0. The molecule has 0 spiro atoms. The number of halogens is 1. The lowest BCUT2D eigenvalue weighted by atomic mass is 9.91. The number of rotatable bonds is 11.